The van der Waals surface area contributed by atoms with Gasteiger partial charge in [-0.1, -0.05) is 30.3 Å². The standard InChI is InChI=1S/C16H17N5O3/c1-2-23-14(21-15-13(8-17)19-11-20-15)9-18-16(22)24-10-12-6-4-3-5-7-12/h3-7,11H,2,9-10H2,1H3,(H,18,22)(H,19,20)/b21-14+. The molecule has 0 saturated heterocycles. The molecule has 2 N–H and O–H groups in total. The molecule has 1 aromatic carbocycles. The molecule has 0 spiro atoms. The van der Waals surface area contributed by atoms with Gasteiger partial charge in [-0.25, -0.2) is 9.78 Å². The first-order chi connectivity index (χ1) is 11.7. The quantitative estimate of drug-likeness (QED) is 0.624. The number of aliphatic imine (C=N–C) groups is 1. The second-order valence-corrected chi connectivity index (χ2v) is 4.57. The number of benzene rings is 1. The number of alkyl carbamates (subject to hydrolysis) is 1. The van der Waals surface area contributed by atoms with Crippen LogP contribution in [0, 0.1) is 11.3 Å². The number of H-pyrrole nitrogens is 1. The van der Waals surface area contributed by atoms with Gasteiger partial charge in [-0.15, -0.1) is 0 Å². The molecule has 2 rings (SSSR count). The number of carbonyl (C=O) groups is 1. The molecule has 24 heavy (non-hydrogen) atoms. The summed E-state index contributed by atoms with van der Waals surface area (Å²) >= 11 is 0. The Morgan fingerprint density at radius 2 is 2.17 bits per heavy atom. The average molecular weight is 327 g/mol. The molecule has 0 fully saturated rings. The van der Waals surface area contributed by atoms with Crippen molar-refractivity contribution in [2.45, 2.75) is 13.5 Å². The minimum Gasteiger partial charge on any atom is -0.480 e. The van der Waals surface area contributed by atoms with Gasteiger partial charge < -0.3 is 19.8 Å². The van der Waals surface area contributed by atoms with Gasteiger partial charge in [-0.2, -0.15) is 10.3 Å². The zero-order chi connectivity index (χ0) is 17.2. The lowest BCUT2D eigenvalue weighted by Crippen LogP contribution is -2.31. The van der Waals surface area contributed by atoms with E-state index in [2.05, 4.69) is 20.3 Å². The summed E-state index contributed by atoms with van der Waals surface area (Å²) in [7, 11) is 0. The van der Waals surface area contributed by atoms with E-state index in [0.29, 0.717) is 6.61 Å². The van der Waals surface area contributed by atoms with Crippen LogP contribution in [0.15, 0.2) is 41.7 Å². The van der Waals surface area contributed by atoms with E-state index < -0.39 is 6.09 Å². The van der Waals surface area contributed by atoms with Gasteiger partial charge in [-0.05, 0) is 12.5 Å². The molecular formula is C16H17N5O3. The molecule has 0 aliphatic carbocycles. The normalized spacial score (nSPS) is 10.8. The number of hydrogen-bond donors (Lipinski definition) is 2. The molecule has 0 aliphatic heterocycles. The number of rotatable bonds is 6. The Kier molecular flexibility index (Phi) is 6.35. The lowest BCUT2D eigenvalue weighted by atomic mass is 10.2. The number of nitriles is 1. The minimum absolute atomic E-state index is 0.0270. The van der Waals surface area contributed by atoms with Crippen molar-refractivity contribution in [1.29, 1.82) is 5.26 Å². The minimum atomic E-state index is -0.589. The smallest absolute Gasteiger partial charge is 0.407 e. The molecule has 0 radical (unpaired) electrons. The number of nitrogens with one attached hydrogen (secondary N) is 2. The predicted octanol–water partition coefficient (Wildman–Crippen LogP) is 2.27. The maximum absolute atomic E-state index is 11.7. The van der Waals surface area contributed by atoms with Gasteiger partial charge in [0.1, 0.15) is 12.7 Å². The molecule has 1 aromatic heterocycles. The molecule has 8 nitrogen and oxygen atoms in total. The SMILES string of the molecule is CCO/C(CNC(=O)OCc1ccccc1)=N/c1nc[nH]c1C#N. The number of hydrogen-bond acceptors (Lipinski definition) is 6. The van der Waals surface area contributed by atoms with Crippen LogP contribution in [0.2, 0.25) is 0 Å². The van der Waals surface area contributed by atoms with Gasteiger partial charge in [0, 0.05) is 0 Å². The molecule has 0 aliphatic rings. The van der Waals surface area contributed by atoms with Crippen LogP contribution in [0.1, 0.15) is 18.2 Å². The summed E-state index contributed by atoms with van der Waals surface area (Å²) in [6.45, 7) is 2.36. The summed E-state index contributed by atoms with van der Waals surface area (Å²) in [5, 5.41) is 11.5. The van der Waals surface area contributed by atoms with E-state index in [1.54, 1.807) is 6.92 Å². The fourth-order valence-corrected chi connectivity index (χ4v) is 1.78. The number of imidazole rings is 1. The molecule has 2 aromatic rings. The van der Waals surface area contributed by atoms with Gasteiger partial charge in [-0.3, -0.25) is 0 Å². The van der Waals surface area contributed by atoms with E-state index in [0.717, 1.165) is 5.56 Å². The van der Waals surface area contributed by atoms with Gasteiger partial charge in [0.2, 0.25) is 5.90 Å². The van der Waals surface area contributed by atoms with Crippen molar-refractivity contribution in [1.82, 2.24) is 15.3 Å². The van der Waals surface area contributed by atoms with Crippen LogP contribution in [0.25, 0.3) is 0 Å². The molecule has 8 heteroatoms. The Morgan fingerprint density at radius 1 is 1.38 bits per heavy atom. The van der Waals surface area contributed by atoms with Crippen LogP contribution in [-0.2, 0) is 16.1 Å². The summed E-state index contributed by atoms with van der Waals surface area (Å²) < 4.78 is 10.4. The zero-order valence-electron chi connectivity index (χ0n) is 13.2. The topological polar surface area (TPSA) is 112 Å². The highest BCUT2D eigenvalue weighted by molar-refractivity contribution is 5.84. The van der Waals surface area contributed by atoms with E-state index >= 15 is 0 Å². The van der Waals surface area contributed by atoms with Gasteiger partial charge in [0.15, 0.2) is 11.5 Å². The number of aromatic nitrogens is 2. The molecule has 1 heterocycles. The van der Waals surface area contributed by atoms with E-state index in [9.17, 15) is 4.79 Å². The molecule has 1 amide bonds. The summed E-state index contributed by atoms with van der Waals surface area (Å²) in [5.41, 5.74) is 1.11. The van der Waals surface area contributed by atoms with Crippen LogP contribution in [0.3, 0.4) is 0 Å². The second-order valence-electron chi connectivity index (χ2n) is 4.57. The fraction of sp³-hybridized carbons (Fsp3) is 0.250. The third-order valence-corrected chi connectivity index (χ3v) is 2.87. The number of nitrogens with zero attached hydrogens (tertiary/aromatic N) is 3. The maximum atomic E-state index is 11.7. The highest BCUT2D eigenvalue weighted by Gasteiger charge is 2.09. The van der Waals surface area contributed by atoms with E-state index in [1.165, 1.54) is 6.33 Å². The summed E-state index contributed by atoms with van der Waals surface area (Å²) in [6.07, 6.45) is 0.775. The van der Waals surface area contributed by atoms with Crippen LogP contribution in [-0.4, -0.2) is 35.1 Å². The van der Waals surface area contributed by atoms with Crippen molar-refractivity contribution in [3.05, 3.63) is 47.9 Å². The van der Waals surface area contributed by atoms with Crippen LogP contribution in [0.5, 0.6) is 0 Å². The van der Waals surface area contributed by atoms with Crippen molar-refractivity contribution in [3.8, 4) is 6.07 Å². The molecule has 0 atom stereocenters. The molecular weight excluding hydrogens is 310 g/mol. The van der Waals surface area contributed by atoms with Crippen molar-refractivity contribution >= 4 is 17.8 Å². The second kappa shape index (κ2) is 8.95. The highest BCUT2D eigenvalue weighted by atomic mass is 16.5. The third kappa shape index (κ3) is 5.14. The summed E-state index contributed by atoms with van der Waals surface area (Å²) in [6, 6.07) is 11.3. The lowest BCUT2D eigenvalue weighted by Gasteiger charge is -2.09. The number of aromatic amines is 1. The van der Waals surface area contributed by atoms with Gasteiger partial charge in [0.05, 0.1) is 19.5 Å². The molecule has 0 saturated carbocycles. The third-order valence-electron chi connectivity index (χ3n) is 2.87. The monoisotopic (exact) mass is 327 g/mol. The van der Waals surface area contributed by atoms with Crippen LogP contribution in [0.4, 0.5) is 10.6 Å². The van der Waals surface area contributed by atoms with Gasteiger partial charge >= 0.3 is 6.09 Å². The van der Waals surface area contributed by atoms with Crippen LogP contribution >= 0.6 is 0 Å². The summed E-state index contributed by atoms with van der Waals surface area (Å²) in [4.78, 5) is 22.4. The fourth-order valence-electron chi connectivity index (χ4n) is 1.78. The van der Waals surface area contributed by atoms with Crippen molar-refractivity contribution < 1.29 is 14.3 Å². The zero-order valence-corrected chi connectivity index (χ0v) is 13.2. The Bertz CT molecular complexity index is 734. The summed E-state index contributed by atoms with van der Waals surface area (Å²) in [5.74, 6) is 0.443. The largest absolute Gasteiger partial charge is 0.480 e. The van der Waals surface area contributed by atoms with Gasteiger partial charge in [0.25, 0.3) is 0 Å². The van der Waals surface area contributed by atoms with E-state index in [-0.39, 0.29) is 30.6 Å². The number of amides is 1. The highest BCUT2D eigenvalue weighted by Crippen LogP contribution is 2.12. The Morgan fingerprint density at radius 3 is 2.88 bits per heavy atom. The Balaban J connectivity index is 1.89. The molecule has 0 bridgehead atoms. The van der Waals surface area contributed by atoms with E-state index in [1.807, 2.05) is 36.4 Å². The van der Waals surface area contributed by atoms with Crippen molar-refractivity contribution in [2.24, 2.45) is 4.99 Å². The Labute approximate surface area is 139 Å². The number of ether oxygens (including phenoxy) is 2. The molecule has 0 unspecified atom stereocenters. The average Bonchev–Trinajstić information content (AvgIpc) is 3.06. The number of carbonyl (C=O) groups excluding carboxylic acids is 1. The van der Waals surface area contributed by atoms with Crippen molar-refractivity contribution in [2.75, 3.05) is 13.2 Å². The maximum Gasteiger partial charge on any atom is 0.407 e. The van der Waals surface area contributed by atoms with E-state index in [4.69, 9.17) is 14.7 Å². The van der Waals surface area contributed by atoms with Crippen LogP contribution < -0.4 is 5.32 Å². The Hall–Kier alpha value is -3.34. The van der Waals surface area contributed by atoms with Crippen molar-refractivity contribution in [3.63, 3.8) is 0 Å². The first kappa shape index (κ1) is 17.0. The predicted molar refractivity (Wildman–Crippen MR) is 86.7 cm³/mol. The first-order valence-electron chi connectivity index (χ1n) is 7.31. The molecule has 124 valence electrons. The lowest BCUT2D eigenvalue weighted by molar-refractivity contribution is 0.140. The first-order valence-corrected chi connectivity index (χ1v) is 7.31.